The maximum atomic E-state index is 16.4. The fourth-order valence-electron chi connectivity index (χ4n) is 9.55. The summed E-state index contributed by atoms with van der Waals surface area (Å²) < 4.78 is 35.8. The number of rotatable bonds is 16. The van der Waals surface area contributed by atoms with Gasteiger partial charge in [0.1, 0.15) is 40.4 Å². The third-order valence-electron chi connectivity index (χ3n) is 13.0. The number of benzene rings is 9. The predicted molar refractivity (Wildman–Crippen MR) is 287 cm³/mol. The molecule has 0 atom stereocenters. The lowest BCUT2D eigenvalue weighted by Crippen LogP contribution is -2.33. The summed E-state index contributed by atoms with van der Waals surface area (Å²) in [5.41, 5.74) is -0.963. The minimum Gasteiger partial charge on any atom is -0.425 e. The summed E-state index contributed by atoms with van der Waals surface area (Å²) in [6, 6.07) is 32.7. The van der Waals surface area contributed by atoms with E-state index in [4.69, 9.17) is 28.4 Å². The summed E-state index contributed by atoms with van der Waals surface area (Å²) in [4.78, 5) is 128. The van der Waals surface area contributed by atoms with Crippen LogP contribution in [0.5, 0.6) is 34.5 Å². The Labute approximate surface area is 439 Å². The van der Waals surface area contributed by atoms with Crippen molar-refractivity contribution < 1.29 is 71.6 Å². The Morgan fingerprint density at radius 1 is 0.299 bits per heavy atom. The third kappa shape index (κ3) is 9.59. The van der Waals surface area contributed by atoms with Gasteiger partial charge in [-0.15, -0.1) is 0 Å². The largest absolute Gasteiger partial charge is 0.425 e. The van der Waals surface area contributed by atoms with Gasteiger partial charge in [-0.1, -0.05) is 155 Å². The van der Waals surface area contributed by atoms with E-state index in [2.05, 4.69) is 0 Å². The molecule has 0 unspecified atom stereocenters. The molecule has 0 aliphatic carbocycles. The second-order valence-electron chi connectivity index (χ2n) is 17.8. The fourth-order valence-corrected chi connectivity index (χ4v) is 9.55. The molecule has 15 nitrogen and oxygen atoms in total. The second kappa shape index (κ2) is 21.7. The Morgan fingerprint density at radius 2 is 0.519 bits per heavy atom. The van der Waals surface area contributed by atoms with Crippen LogP contribution in [0.4, 0.5) is 0 Å². The molecule has 0 amide bonds. The number of hydrogen-bond acceptors (Lipinski definition) is 15. The number of fused-ring (bicyclic) bond motifs is 6. The topological polar surface area (TPSA) is 209 Å². The number of carbonyl (C=O) groups is 9. The molecular formula is C62H48O15. The minimum atomic E-state index is -2.41. The van der Waals surface area contributed by atoms with Crippen molar-refractivity contribution in [3.63, 3.8) is 0 Å². The predicted octanol–water partition coefficient (Wildman–Crippen LogP) is 12.3. The van der Waals surface area contributed by atoms with Crippen molar-refractivity contribution >= 4 is 118 Å². The van der Waals surface area contributed by atoms with Crippen LogP contribution in [-0.4, -0.2) is 53.2 Å². The molecule has 0 heterocycles. The van der Waals surface area contributed by atoms with Crippen molar-refractivity contribution in [1.82, 2.24) is 0 Å². The lowest BCUT2D eigenvalue weighted by atomic mass is 9.80. The van der Waals surface area contributed by atoms with Crippen LogP contribution in [0, 0.1) is 5.92 Å². The van der Waals surface area contributed by atoms with Crippen LogP contribution in [0.3, 0.4) is 0 Å². The summed E-state index contributed by atoms with van der Waals surface area (Å²) in [6.45, 7) is 8.69. The average Bonchev–Trinajstić information content (AvgIpc) is 3.48. The summed E-state index contributed by atoms with van der Waals surface area (Å²) in [7, 11) is 0. The van der Waals surface area contributed by atoms with Crippen molar-refractivity contribution in [1.29, 1.82) is 0 Å². The van der Waals surface area contributed by atoms with E-state index in [1.54, 1.807) is 107 Å². The maximum absolute atomic E-state index is 16.4. The number of ketones is 3. The molecule has 9 aromatic carbocycles. The molecular weight excluding hydrogens is 985 g/mol. The molecule has 0 aliphatic heterocycles. The first-order chi connectivity index (χ1) is 37.1. The first kappa shape index (κ1) is 52.2. The van der Waals surface area contributed by atoms with Crippen LogP contribution in [0.1, 0.15) is 98.3 Å². The lowest BCUT2D eigenvalue weighted by molar-refractivity contribution is -0.134. The molecule has 0 bridgehead atoms. The molecule has 0 saturated carbocycles. The molecule has 0 radical (unpaired) electrons. The SMILES string of the molecule is CCC(=O)Oc1c2ccccc2c(OC(=O)CC)c2c(C(=O)C(C(=O)c3cccc4c(OC(C)=O)c5ccccc5c(OC(=O)CC)c34)C(=O)c3cccc4c(OC(C)=O)c5ccccc5c(OC(=O)CC)c34)cccc12. The summed E-state index contributed by atoms with van der Waals surface area (Å²) in [5, 5.41) is 1.80. The van der Waals surface area contributed by atoms with Crippen LogP contribution in [0.15, 0.2) is 127 Å². The van der Waals surface area contributed by atoms with Crippen molar-refractivity contribution in [2.75, 3.05) is 0 Å². The van der Waals surface area contributed by atoms with Gasteiger partial charge in [0, 0.05) is 121 Å². The standard InChI is InChI=1S/C62H48O15/c1-7-46(65)74-59-36-22-13-16-25-39(36)62(77-49(68)10-4)52-42(28-19-31-45(52)59)56(71)53(54(69)40-26-17-29-43-50(40)60(75-47(66)8-2)37-23-14-11-20-34(37)57(43)72-32(5)63)55(70)41-27-18-30-44-51(41)61(76-48(67)9-3)38-24-15-12-21-35(38)58(44)73-33(6)64/h11-31,53H,7-10H2,1-6H3. The van der Waals surface area contributed by atoms with Crippen LogP contribution in [0.25, 0.3) is 64.6 Å². The van der Waals surface area contributed by atoms with Crippen LogP contribution >= 0.6 is 0 Å². The van der Waals surface area contributed by atoms with Crippen LogP contribution < -0.4 is 28.4 Å². The average molecular weight is 1030 g/mol. The lowest BCUT2D eigenvalue weighted by Gasteiger charge is -2.22. The fraction of sp³-hybridized carbons (Fsp3) is 0.177. The van der Waals surface area contributed by atoms with Gasteiger partial charge in [0.15, 0.2) is 17.3 Å². The molecule has 0 aromatic heterocycles. The highest BCUT2D eigenvalue weighted by Gasteiger charge is 2.41. The maximum Gasteiger partial charge on any atom is 0.310 e. The number of Topliss-reactive ketones (excluding diaryl/α,β-unsaturated/α-hetero) is 3. The molecule has 386 valence electrons. The molecule has 0 spiro atoms. The van der Waals surface area contributed by atoms with E-state index in [-0.39, 0.29) is 125 Å². The van der Waals surface area contributed by atoms with Gasteiger partial charge in [-0.05, 0) is 0 Å². The molecule has 9 rings (SSSR count). The monoisotopic (exact) mass is 1030 g/mol. The van der Waals surface area contributed by atoms with E-state index >= 15 is 14.4 Å². The van der Waals surface area contributed by atoms with Gasteiger partial charge in [-0.2, -0.15) is 0 Å². The third-order valence-corrected chi connectivity index (χ3v) is 13.0. The van der Waals surface area contributed by atoms with Crippen LogP contribution in [0.2, 0.25) is 0 Å². The normalized spacial score (nSPS) is 11.3. The Morgan fingerprint density at radius 3 is 0.766 bits per heavy atom. The van der Waals surface area contributed by atoms with E-state index < -0.39 is 59.1 Å². The summed E-state index contributed by atoms with van der Waals surface area (Å²) in [5.74, 6) is -10.5. The van der Waals surface area contributed by atoms with E-state index in [0.717, 1.165) is 0 Å². The molecule has 0 N–H and O–H groups in total. The van der Waals surface area contributed by atoms with E-state index in [9.17, 15) is 28.8 Å². The van der Waals surface area contributed by atoms with Crippen molar-refractivity contribution in [2.45, 2.75) is 67.2 Å². The van der Waals surface area contributed by atoms with E-state index in [1.807, 2.05) is 0 Å². The van der Waals surface area contributed by atoms with Crippen LogP contribution in [-0.2, 0) is 28.8 Å². The van der Waals surface area contributed by atoms with Gasteiger partial charge in [0.25, 0.3) is 0 Å². The molecule has 9 aromatic rings. The minimum absolute atomic E-state index is 0.00484. The molecule has 15 heteroatoms. The zero-order valence-electron chi connectivity index (χ0n) is 42.7. The Kier molecular flexibility index (Phi) is 14.7. The van der Waals surface area contributed by atoms with Crippen molar-refractivity contribution in [3.8, 4) is 34.5 Å². The highest BCUT2D eigenvalue weighted by molar-refractivity contribution is 6.38. The quantitative estimate of drug-likeness (QED) is 0.0290. The highest BCUT2D eigenvalue weighted by Crippen LogP contribution is 2.49. The first-order valence-corrected chi connectivity index (χ1v) is 24.9. The van der Waals surface area contributed by atoms with Gasteiger partial charge in [0.2, 0.25) is 0 Å². The van der Waals surface area contributed by atoms with Gasteiger partial charge < -0.3 is 28.4 Å². The number of hydrogen-bond donors (Lipinski definition) is 0. The van der Waals surface area contributed by atoms with E-state index in [1.165, 1.54) is 62.4 Å². The first-order valence-electron chi connectivity index (χ1n) is 24.9. The molecule has 77 heavy (non-hydrogen) atoms. The molecule has 0 aliphatic rings. The second-order valence-corrected chi connectivity index (χ2v) is 17.8. The summed E-state index contributed by atoms with van der Waals surface area (Å²) >= 11 is 0. The Balaban J connectivity index is 1.43. The number of ether oxygens (including phenoxy) is 6. The smallest absolute Gasteiger partial charge is 0.310 e. The number of esters is 6. The molecule has 0 saturated heterocycles. The summed E-state index contributed by atoms with van der Waals surface area (Å²) in [6.07, 6.45) is -0.368. The van der Waals surface area contributed by atoms with Crippen molar-refractivity contribution in [2.24, 2.45) is 5.92 Å². The van der Waals surface area contributed by atoms with Gasteiger partial charge in [-0.25, -0.2) is 0 Å². The number of carbonyl (C=O) groups excluding carboxylic acids is 9. The van der Waals surface area contributed by atoms with Gasteiger partial charge in [-0.3, -0.25) is 43.2 Å². The molecule has 0 fully saturated rings. The van der Waals surface area contributed by atoms with Gasteiger partial charge >= 0.3 is 35.8 Å². The zero-order chi connectivity index (χ0) is 54.8. The van der Waals surface area contributed by atoms with Gasteiger partial charge in [0.05, 0.1) is 0 Å². The Bertz CT molecular complexity index is 3860. The van der Waals surface area contributed by atoms with E-state index in [0.29, 0.717) is 16.2 Å². The highest BCUT2D eigenvalue weighted by atomic mass is 16.6. The Hall–Kier alpha value is -9.63. The van der Waals surface area contributed by atoms with Crippen molar-refractivity contribution in [3.05, 3.63) is 144 Å². The zero-order valence-corrected chi connectivity index (χ0v) is 42.7.